The van der Waals surface area contributed by atoms with Gasteiger partial charge < -0.3 is 9.84 Å². The fourth-order valence-electron chi connectivity index (χ4n) is 2.09. The Labute approximate surface area is 117 Å². The van der Waals surface area contributed by atoms with Crippen LogP contribution in [0.25, 0.3) is 0 Å². The number of hydrogen-bond donors (Lipinski definition) is 2. The lowest BCUT2D eigenvalue weighted by Gasteiger charge is -2.11. The first-order valence-electron chi connectivity index (χ1n) is 6.37. The number of sulfonamides is 1. The van der Waals surface area contributed by atoms with Gasteiger partial charge in [0.1, 0.15) is 0 Å². The molecule has 0 bridgehead atoms. The highest BCUT2D eigenvalue weighted by Crippen LogP contribution is 2.12. The Bertz CT molecular complexity index is 578. The fraction of sp³-hybridized carbons (Fsp3) is 0.462. The van der Waals surface area contributed by atoms with Crippen molar-refractivity contribution in [3.63, 3.8) is 0 Å². The van der Waals surface area contributed by atoms with Gasteiger partial charge in [0.25, 0.3) is 0 Å². The first kappa shape index (κ1) is 15.0. The van der Waals surface area contributed by atoms with Crippen molar-refractivity contribution in [3.05, 3.63) is 35.4 Å². The molecule has 0 amide bonds. The molecule has 1 aromatic carbocycles. The standard InChI is InChI=1S/C13H17NO5S/c15-13(16)11-4-1-3-10(7-11)9-20(17,18)14-8-12-5-2-6-19-12/h1,3-4,7,12,14H,2,5-6,8-9H2,(H,15,16). The van der Waals surface area contributed by atoms with Gasteiger partial charge in [0.15, 0.2) is 0 Å². The SMILES string of the molecule is O=C(O)c1cccc(CS(=O)(=O)NCC2CCCO2)c1. The molecule has 0 saturated carbocycles. The van der Waals surface area contributed by atoms with Crippen LogP contribution in [-0.2, 0) is 20.5 Å². The quantitative estimate of drug-likeness (QED) is 0.817. The molecule has 2 N–H and O–H groups in total. The van der Waals surface area contributed by atoms with E-state index >= 15 is 0 Å². The number of rotatable bonds is 6. The first-order valence-corrected chi connectivity index (χ1v) is 8.03. The largest absolute Gasteiger partial charge is 0.478 e. The molecule has 6 nitrogen and oxygen atoms in total. The Morgan fingerprint density at radius 1 is 1.45 bits per heavy atom. The lowest BCUT2D eigenvalue weighted by Crippen LogP contribution is -2.32. The van der Waals surface area contributed by atoms with Gasteiger partial charge in [0, 0.05) is 13.2 Å². The van der Waals surface area contributed by atoms with Gasteiger partial charge in [-0.3, -0.25) is 0 Å². The van der Waals surface area contributed by atoms with Gasteiger partial charge in [0.2, 0.25) is 10.0 Å². The molecule has 1 atom stereocenters. The summed E-state index contributed by atoms with van der Waals surface area (Å²) in [6.07, 6.45) is 1.75. The maximum Gasteiger partial charge on any atom is 0.335 e. The predicted octanol–water partition coefficient (Wildman–Crippen LogP) is 0.983. The third kappa shape index (κ3) is 4.29. The molecule has 1 aliphatic rings. The van der Waals surface area contributed by atoms with Gasteiger partial charge in [-0.1, -0.05) is 12.1 Å². The molecule has 1 aromatic rings. The second-order valence-electron chi connectivity index (χ2n) is 4.75. The summed E-state index contributed by atoms with van der Waals surface area (Å²) in [4.78, 5) is 10.8. The molecule has 1 heterocycles. The van der Waals surface area contributed by atoms with Crippen molar-refractivity contribution in [1.82, 2.24) is 4.72 Å². The van der Waals surface area contributed by atoms with Gasteiger partial charge in [-0.2, -0.15) is 0 Å². The molecule has 0 radical (unpaired) electrons. The van der Waals surface area contributed by atoms with Crippen LogP contribution in [0.2, 0.25) is 0 Å². The Morgan fingerprint density at radius 3 is 2.90 bits per heavy atom. The molecule has 0 spiro atoms. The maximum atomic E-state index is 11.9. The van der Waals surface area contributed by atoms with E-state index in [0.717, 1.165) is 12.8 Å². The summed E-state index contributed by atoms with van der Waals surface area (Å²) in [6.45, 7) is 0.938. The second-order valence-corrected chi connectivity index (χ2v) is 6.55. The Kier molecular flexibility index (Phi) is 4.74. The van der Waals surface area contributed by atoms with E-state index in [1.807, 2.05) is 0 Å². The number of aromatic carboxylic acids is 1. The molecule has 110 valence electrons. The summed E-state index contributed by atoms with van der Waals surface area (Å²) in [6, 6.07) is 5.93. The van der Waals surface area contributed by atoms with Crippen LogP contribution in [-0.4, -0.2) is 38.7 Å². The summed E-state index contributed by atoms with van der Waals surface area (Å²) in [5.74, 6) is -1.31. The van der Waals surface area contributed by atoms with Crippen molar-refractivity contribution < 1.29 is 23.1 Å². The van der Waals surface area contributed by atoms with E-state index in [-0.39, 0.29) is 24.0 Å². The fourth-order valence-corrected chi connectivity index (χ4v) is 3.25. The van der Waals surface area contributed by atoms with Crippen LogP contribution in [0.15, 0.2) is 24.3 Å². The van der Waals surface area contributed by atoms with Gasteiger partial charge in [-0.25, -0.2) is 17.9 Å². The maximum absolute atomic E-state index is 11.9. The summed E-state index contributed by atoms with van der Waals surface area (Å²) < 4.78 is 31.7. The summed E-state index contributed by atoms with van der Waals surface area (Å²) in [5, 5.41) is 8.87. The van der Waals surface area contributed by atoms with Crippen LogP contribution < -0.4 is 4.72 Å². The Hall–Kier alpha value is -1.44. The molecular formula is C13H17NO5S. The van der Waals surface area contributed by atoms with Crippen LogP contribution in [0, 0.1) is 0 Å². The summed E-state index contributed by atoms with van der Waals surface area (Å²) >= 11 is 0. The smallest absolute Gasteiger partial charge is 0.335 e. The van der Waals surface area contributed by atoms with E-state index in [2.05, 4.69) is 4.72 Å². The van der Waals surface area contributed by atoms with Crippen molar-refractivity contribution in [1.29, 1.82) is 0 Å². The van der Waals surface area contributed by atoms with Gasteiger partial charge >= 0.3 is 5.97 Å². The van der Waals surface area contributed by atoms with Gasteiger partial charge in [-0.15, -0.1) is 0 Å². The van der Waals surface area contributed by atoms with Gasteiger partial charge in [-0.05, 0) is 30.5 Å². The Balaban J connectivity index is 1.96. The zero-order chi connectivity index (χ0) is 14.6. The highest BCUT2D eigenvalue weighted by molar-refractivity contribution is 7.88. The average molecular weight is 299 g/mol. The van der Waals surface area contributed by atoms with E-state index in [4.69, 9.17) is 9.84 Å². The molecular weight excluding hydrogens is 282 g/mol. The number of carbonyl (C=O) groups is 1. The molecule has 0 aliphatic carbocycles. The molecule has 1 saturated heterocycles. The van der Waals surface area contributed by atoms with E-state index < -0.39 is 16.0 Å². The Morgan fingerprint density at radius 2 is 2.25 bits per heavy atom. The highest BCUT2D eigenvalue weighted by Gasteiger charge is 2.19. The topological polar surface area (TPSA) is 92.7 Å². The highest BCUT2D eigenvalue weighted by atomic mass is 32.2. The number of carboxylic acid groups (broad SMARTS) is 1. The van der Waals surface area contributed by atoms with E-state index in [0.29, 0.717) is 12.2 Å². The van der Waals surface area contributed by atoms with Crippen LogP contribution in [0.1, 0.15) is 28.8 Å². The van der Waals surface area contributed by atoms with Gasteiger partial charge in [0.05, 0.1) is 17.4 Å². The lowest BCUT2D eigenvalue weighted by molar-refractivity contribution is 0.0696. The molecule has 7 heteroatoms. The minimum absolute atomic E-state index is 0.0601. The van der Waals surface area contributed by atoms with Crippen LogP contribution in [0.5, 0.6) is 0 Å². The minimum Gasteiger partial charge on any atom is -0.478 e. The number of carboxylic acids is 1. The molecule has 2 rings (SSSR count). The average Bonchev–Trinajstić information content (AvgIpc) is 2.89. The second kappa shape index (κ2) is 6.34. The minimum atomic E-state index is -3.49. The van der Waals surface area contributed by atoms with E-state index in [9.17, 15) is 13.2 Å². The van der Waals surface area contributed by atoms with Crippen molar-refractivity contribution >= 4 is 16.0 Å². The first-order chi connectivity index (χ1) is 9.46. The molecule has 1 unspecified atom stereocenters. The molecule has 0 aromatic heterocycles. The molecule has 20 heavy (non-hydrogen) atoms. The third-order valence-corrected chi connectivity index (χ3v) is 4.41. The summed E-state index contributed by atoms with van der Waals surface area (Å²) in [5.41, 5.74) is 0.529. The molecule has 1 fully saturated rings. The van der Waals surface area contributed by atoms with Crippen molar-refractivity contribution in [2.75, 3.05) is 13.2 Å². The van der Waals surface area contributed by atoms with E-state index in [1.165, 1.54) is 18.2 Å². The number of benzene rings is 1. The number of hydrogen-bond acceptors (Lipinski definition) is 4. The predicted molar refractivity (Wildman–Crippen MR) is 73.0 cm³/mol. The van der Waals surface area contributed by atoms with Crippen LogP contribution >= 0.6 is 0 Å². The van der Waals surface area contributed by atoms with Crippen molar-refractivity contribution in [2.45, 2.75) is 24.7 Å². The van der Waals surface area contributed by atoms with Crippen LogP contribution in [0.3, 0.4) is 0 Å². The number of nitrogens with one attached hydrogen (secondary N) is 1. The van der Waals surface area contributed by atoms with Crippen molar-refractivity contribution in [3.8, 4) is 0 Å². The number of ether oxygens (including phenoxy) is 1. The zero-order valence-electron chi connectivity index (χ0n) is 10.9. The summed E-state index contributed by atoms with van der Waals surface area (Å²) in [7, 11) is -3.49. The van der Waals surface area contributed by atoms with Crippen LogP contribution in [0.4, 0.5) is 0 Å². The molecule has 1 aliphatic heterocycles. The zero-order valence-corrected chi connectivity index (χ0v) is 11.7. The van der Waals surface area contributed by atoms with Crippen molar-refractivity contribution in [2.24, 2.45) is 0 Å². The van der Waals surface area contributed by atoms with E-state index in [1.54, 1.807) is 6.07 Å². The third-order valence-electron chi connectivity index (χ3n) is 3.09. The lowest BCUT2D eigenvalue weighted by atomic mass is 10.1. The normalized spacial score (nSPS) is 19.1. The monoisotopic (exact) mass is 299 g/mol.